The number of aromatic nitrogens is 1. The van der Waals surface area contributed by atoms with Crippen LogP contribution in [0.3, 0.4) is 0 Å². The first-order valence-corrected chi connectivity index (χ1v) is 4.67. The van der Waals surface area contributed by atoms with Gasteiger partial charge in [0.05, 0.1) is 12.7 Å². The summed E-state index contributed by atoms with van der Waals surface area (Å²) in [5.74, 6) is -0.787. The van der Waals surface area contributed by atoms with E-state index in [1.165, 1.54) is 25.5 Å². The highest BCUT2D eigenvalue weighted by Crippen LogP contribution is 2.18. The Morgan fingerprint density at radius 3 is 3.00 bits per heavy atom. The SMILES string of the molecule is O=C(O)c1ncc(CNC2CCC2)o1. The molecule has 2 N–H and O–H groups in total. The third-order valence-corrected chi connectivity index (χ3v) is 2.41. The summed E-state index contributed by atoms with van der Waals surface area (Å²) >= 11 is 0. The van der Waals surface area contributed by atoms with Crippen molar-refractivity contribution in [2.45, 2.75) is 31.8 Å². The third-order valence-electron chi connectivity index (χ3n) is 2.41. The van der Waals surface area contributed by atoms with Crippen LogP contribution in [0.4, 0.5) is 0 Å². The van der Waals surface area contributed by atoms with E-state index in [1.807, 2.05) is 0 Å². The maximum absolute atomic E-state index is 10.4. The van der Waals surface area contributed by atoms with Crippen molar-refractivity contribution < 1.29 is 14.3 Å². The van der Waals surface area contributed by atoms with E-state index in [2.05, 4.69) is 10.3 Å². The van der Waals surface area contributed by atoms with Crippen molar-refractivity contribution in [2.75, 3.05) is 0 Å². The highest BCUT2D eigenvalue weighted by atomic mass is 16.4. The lowest BCUT2D eigenvalue weighted by atomic mass is 9.93. The first kappa shape index (κ1) is 9.21. The maximum Gasteiger partial charge on any atom is 0.392 e. The lowest BCUT2D eigenvalue weighted by Gasteiger charge is -2.25. The first-order valence-electron chi connectivity index (χ1n) is 4.67. The Morgan fingerprint density at radius 2 is 2.50 bits per heavy atom. The van der Waals surface area contributed by atoms with Gasteiger partial charge in [-0.3, -0.25) is 0 Å². The van der Waals surface area contributed by atoms with Crippen LogP contribution < -0.4 is 5.32 Å². The average molecular weight is 196 g/mol. The molecule has 0 saturated heterocycles. The van der Waals surface area contributed by atoms with Crippen LogP contribution in [0.5, 0.6) is 0 Å². The molecule has 0 amide bonds. The highest BCUT2D eigenvalue weighted by molar-refractivity contribution is 5.81. The molecule has 14 heavy (non-hydrogen) atoms. The Kier molecular flexibility index (Phi) is 2.49. The molecular weight excluding hydrogens is 184 g/mol. The summed E-state index contributed by atoms with van der Waals surface area (Å²) in [6.07, 6.45) is 5.11. The zero-order valence-electron chi connectivity index (χ0n) is 7.69. The van der Waals surface area contributed by atoms with E-state index in [9.17, 15) is 4.79 Å². The Bertz CT molecular complexity index is 331. The molecule has 1 fully saturated rings. The predicted molar refractivity (Wildman–Crippen MR) is 47.9 cm³/mol. The quantitative estimate of drug-likeness (QED) is 0.751. The normalized spacial score (nSPS) is 16.6. The molecule has 1 aromatic heterocycles. The summed E-state index contributed by atoms with van der Waals surface area (Å²) in [4.78, 5) is 14.1. The molecule has 2 rings (SSSR count). The van der Waals surface area contributed by atoms with E-state index in [1.54, 1.807) is 0 Å². The first-order chi connectivity index (χ1) is 6.75. The Hall–Kier alpha value is -1.36. The number of nitrogens with one attached hydrogen (secondary N) is 1. The highest BCUT2D eigenvalue weighted by Gasteiger charge is 2.17. The lowest BCUT2D eigenvalue weighted by Crippen LogP contribution is -2.34. The van der Waals surface area contributed by atoms with Crippen LogP contribution in [0.25, 0.3) is 0 Å². The second-order valence-corrected chi connectivity index (χ2v) is 3.45. The maximum atomic E-state index is 10.4. The van der Waals surface area contributed by atoms with Crippen LogP contribution in [-0.4, -0.2) is 22.1 Å². The molecule has 1 aromatic rings. The number of aromatic carboxylic acids is 1. The Morgan fingerprint density at radius 1 is 1.71 bits per heavy atom. The zero-order valence-corrected chi connectivity index (χ0v) is 7.69. The standard InChI is InChI=1S/C9H12N2O3/c12-9(13)8-11-5-7(14-8)4-10-6-2-1-3-6/h5-6,10H,1-4H2,(H,12,13). The zero-order chi connectivity index (χ0) is 9.97. The lowest BCUT2D eigenvalue weighted by molar-refractivity contribution is 0.0651. The molecule has 0 aromatic carbocycles. The molecule has 0 spiro atoms. The Labute approximate surface area is 81.1 Å². The summed E-state index contributed by atoms with van der Waals surface area (Å²) in [6, 6.07) is 0.563. The van der Waals surface area contributed by atoms with E-state index < -0.39 is 5.97 Å². The van der Waals surface area contributed by atoms with Crippen LogP contribution >= 0.6 is 0 Å². The van der Waals surface area contributed by atoms with Crippen LogP contribution in [0, 0.1) is 0 Å². The fraction of sp³-hybridized carbons (Fsp3) is 0.556. The number of carbonyl (C=O) groups is 1. The monoisotopic (exact) mass is 196 g/mol. The molecule has 0 aliphatic heterocycles. The van der Waals surface area contributed by atoms with Gasteiger partial charge in [-0.05, 0) is 12.8 Å². The van der Waals surface area contributed by atoms with Crippen molar-refractivity contribution in [3.63, 3.8) is 0 Å². The van der Waals surface area contributed by atoms with Crippen molar-refractivity contribution in [3.05, 3.63) is 17.8 Å². The number of nitrogens with zero attached hydrogens (tertiary/aromatic N) is 1. The summed E-state index contributed by atoms with van der Waals surface area (Å²) in [5.41, 5.74) is 0. The molecule has 1 heterocycles. The Balaban J connectivity index is 1.86. The largest absolute Gasteiger partial charge is 0.474 e. The van der Waals surface area contributed by atoms with Crippen LogP contribution in [0.2, 0.25) is 0 Å². The van der Waals surface area contributed by atoms with Gasteiger partial charge in [-0.15, -0.1) is 0 Å². The second-order valence-electron chi connectivity index (χ2n) is 3.45. The van der Waals surface area contributed by atoms with Crippen LogP contribution in [0.15, 0.2) is 10.6 Å². The average Bonchev–Trinajstić information content (AvgIpc) is 2.50. The van der Waals surface area contributed by atoms with Gasteiger partial charge in [0.2, 0.25) is 0 Å². The molecule has 0 radical (unpaired) electrons. The number of carboxylic acid groups (broad SMARTS) is 1. The van der Waals surface area contributed by atoms with Gasteiger partial charge in [-0.25, -0.2) is 9.78 Å². The molecule has 1 saturated carbocycles. The van der Waals surface area contributed by atoms with Crippen LogP contribution in [0.1, 0.15) is 35.7 Å². The van der Waals surface area contributed by atoms with E-state index in [-0.39, 0.29) is 5.89 Å². The molecular formula is C9H12N2O3. The van der Waals surface area contributed by atoms with Gasteiger partial charge in [-0.2, -0.15) is 0 Å². The molecule has 5 heteroatoms. The van der Waals surface area contributed by atoms with Gasteiger partial charge in [0.15, 0.2) is 0 Å². The van der Waals surface area contributed by atoms with E-state index in [0.717, 1.165) is 0 Å². The van der Waals surface area contributed by atoms with E-state index >= 15 is 0 Å². The fourth-order valence-electron chi connectivity index (χ4n) is 1.35. The van der Waals surface area contributed by atoms with Crippen molar-refractivity contribution >= 4 is 5.97 Å². The number of carboxylic acids is 1. The summed E-state index contributed by atoms with van der Waals surface area (Å²) in [5, 5.41) is 11.8. The number of hydrogen-bond donors (Lipinski definition) is 2. The minimum Gasteiger partial charge on any atom is -0.474 e. The fourth-order valence-corrected chi connectivity index (χ4v) is 1.35. The van der Waals surface area contributed by atoms with Gasteiger partial charge in [0, 0.05) is 6.04 Å². The summed E-state index contributed by atoms with van der Waals surface area (Å²) in [6.45, 7) is 0.560. The summed E-state index contributed by atoms with van der Waals surface area (Å²) in [7, 11) is 0. The van der Waals surface area contributed by atoms with Crippen LogP contribution in [-0.2, 0) is 6.54 Å². The third kappa shape index (κ3) is 1.93. The molecule has 1 aliphatic carbocycles. The molecule has 0 unspecified atom stereocenters. The van der Waals surface area contributed by atoms with Gasteiger partial charge in [-0.1, -0.05) is 6.42 Å². The predicted octanol–water partition coefficient (Wildman–Crippen LogP) is 1.01. The molecule has 1 aliphatic rings. The minimum atomic E-state index is -1.13. The molecule has 0 bridgehead atoms. The summed E-state index contributed by atoms with van der Waals surface area (Å²) < 4.78 is 4.99. The van der Waals surface area contributed by atoms with Gasteiger partial charge < -0.3 is 14.8 Å². The number of oxazole rings is 1. The molecule has 5 nitrogen and oxygen atoms in total. The topological polar surface area (TPSA) is 75.4 Å². The van der Waals surface area contributed by atoms with Crippen molar-refractivity contribution in [3.8, 4) is 0 Å². The van der Waals surface area contributed by atoms with Gasteiger partial charge in [0.1, 0.15) is 5.76 Å². The van der Waals surface area contributed by atoms with Crippen molar-refractivity contribution in [1.29, 1.82) is 0 Å². The minimum absolute atomic E-state index is 0.240. The van der Waals surface area contributed by atoms with Gasteiger partial charge >= 0.3 is 11.9 Å². The van der Waals surface area contributed by atoms with Crippen molar-refractivity contribution in [1.82, 2.24) is 10.3 Å². The molecule has 0 atom stereocenters. The number of rotatable bonds is 4. The van der Waals surface area contributed by atoms with Crippen molar-refractivity contribution in [2.24, 2.45) is 0 Å². The van der Waals surface area contributed by atoms with E-state index in [0.29, 0.717) is 18.3 Å². The smallest absolute Gasteiger partial charge is 0.392 e. The van der Waals surface area contributed by atoms with Gasteiger partial charge in [0.25, 0.3) is 0 Å². The second kappa shape index (κ2) is 3.79. The van der Waals surface area contributed by atoms with E-state index in [4.69, 9.17) is 9.52 Å². The molecule has 76 valence electrons. The number of hydrogen-bond acceptors (Lipinski definition) is 4.